The molecule has 16 heavy (non-hydrogen) atoms. The zero-order valence-electron chi connectivity index (χ0n) is 9.69. The molecule has 2 heterocycles. The summed E-state index contributed by atoms with van der Waals surface area (Å²) >= 11 is 1.79. The van der Waals surface area contributed by atoms with Crippen LogP contribution >= 0.6 is 11.8 Å². The second kappa shape index (κ2) is 5.27. The highest BCUT2D eigenvalue weighted by molar-refractivity contribution is 7.99. The Balaban J connectivity index is 1.85. The Labute approximate surface area is 101 Å². The van der Waals surface area contributed by atoms with Crippen molar-refractivity contribution in [3.05, 3.63) is 0 Å². The van der Waals surface area contributed by atoms with Crippen molar-refractivity contribution in [3.63, 3.8) is 0 Å². The maximum Gasteiger partial charge on any atom is 0.191 e. The van der Waals surface area contributed by atoms with Crippen molar-refractivity contribution < 1.29 is 5.11 Å². The smallest absolute Gasteiger partial charge is 0.191 e. The van der Waals surface area contributed by atoms with Crippen LogP contribution in [0.25, 0.3) is 0 Å². The number of hydrogen-bond acceptors (Lipinski definition) is 3. The highest BCUT2D eigenvalue weighted by Gasteiger charge is 2.31. The molecule has 4 nitrogen and oxygen atoms in total. The third-order valence-electron chi connectivity index (χ3n) is 3.30. The summed E-state index contributed by atoms with van der Waals surface area (Å²) in [4.78, 5) is 6.49. The van der Waals surface area contributed by atoms with Gasteiger partial charge in [-0.25, -0.2) is 0 Å². The summed E-state index contributed by atoms with van der Waals surface area (Å²) in [5, 5.41) is 10.1. The minimum absolute atomic E-state index is 0.461. The molecule has 5 heteroatoms. The van der Waals surface area contributed by atoms with Gasteiger partial charge >= 0.3 is 0 Å². The molecule has 0 aromatic carbocycles. The maximum atomic E-state index is 10.1. The van der Waals surface area contributed by atoms with Gasteiger partial charge < -0.3 is 15.7 Å². The zero-order chi connectivity index (χ0) is 11.4. The van der Waals surface area contributed by atoms with Crippen molar-refractivity contribution >= 4 is 17.7 Å². The molecule has 2 saturated heterocycles. The molecule has 0 spiro atoms. The van der Waals surface area contributed by atoms with Crippen molar-refractivity contribution in [1.82, 2.24) is 4.90 Å². The van der Waals surface area contributed by atoms with E-state index >= 15 is 0 Å². The molecule has 1 unspecified atom stereocenters. The van der Waals surface area contributed by atoms with Gasteiger partial charge in [-0.2, -0.15) is 11.8 Å². The van der Waals surface area contributed by atoms with Gasteiger partial charge in [0.05, 0.1) is 12.1 Å². The van der Waals surface area contributed by atoms with Gasteiger partial charge in [0.15, 0.2) is 5.96 Å². The Morgan fingerprint density at radius 3 is 2.75 bits per heavy atom. The molecule has 2 fully saturated rings. The van der Waals surface area contributed by atoms with Crippen LogP contribution in [0.3, 0.4) is 0 Å². The molecule has 2 rings (SSSR count). The van der Waals surface area contributed by atoms with E-state index in [2.05, 4.69) is 9.89 Å². The van der Waals surface area contributed by atoms with Crippen LogP contribution < -0.4 is 5.73 Å². The van der Waals surface area contributed by atoms with Crippen LogP contribution in [0, 0.1) is 0 Å². The van der Waals surface area contributed by atoms with Gasteiger partial charge in [-0.1, -0.05) is 0 Å². The average molecular weight is 243 g/mol. The largest absolute Gasteiger partial charge is 0.387 e. The van der Waals surface area contributed by atoms with Crippen LogP contribution in [0.2, 0.25) is 0 Å². The predicted molar refractivity (Wildman–Crippen MR) is 68.8 cm³/mol. The molecule has 0 saturated carbocycles. The van der Waals surface area contributed by atoms with E-state index in [1.54, 1.807) is 11.8 Å². The highest BCUT2D eigenvalue weighted by atomic mass is 32.2. The summed E-state index contributed by atoms with van der Waals surface area (Å²) in [6.45, 7) is 2.49. The number of guanidine groups is 1. The SMILES string of the molecule is NC(=NCC1(O)CCSC1)N1CCCCC1. The minimum atomic E-state index is -0.606. The Hall–Kier alpha value is -0.420. The van der Waals surface area contributed by atoms with Crippen molar-refractivity contribution in [1.29, 1.82) is 0 Å². The number of aliphatic hydroxyl groups is 1. The second-order valence-electron chi connectivity index (χ2n) is 4.75. The monoisotopic (exact) mass is 243 g/mol. The fraction of sp³-hybridized carbons (Fsp3) is 0.909. The third kappa shape index (κ3) is 3.04. The first kappa shape index (κ1) is 12.0. The van der Waals surface area contributed by atoms with Gasteiger partial charge in [0.25, 0.3) is 0 Å². The van der Waals surface area contributed by atoms with E-state index in [9.17, 15) is 5.11 Å². The summed E-state index contributed by atoms with van der Waals surface area (Å²) in [5.41, 5.74) is 5.34. The lowest BCUT2D eigenvalue weighted by molar-refractivity contribution is 0.0776. The molecule has 0 aromatic rings. The van der Waals surface area contributed by atoms with Crippen molar-refractivity contribution in [2.24, 2.45) is 10.7 Å². The number of hydrogen-bond donors (Lipinski definition) is 2. The summed E-state index contributed by atoms with van der Waals surface area (Å²) in [7, 11) is 0. The number of likely N-dealkylation sites (tertiary alicyclic amines) is 1. The summed E-state index contributed by atoms with van der Waals surface area (Å²) in [5.74, 6) is 2.45. The maximum absolute atomic E-state index is 10.1. The first-order chi connectivity index (χ1) is 7.70. The van der Waals surface area contributed by atoms with E-state index in [1.165, 1.54) is 19.3 Å². The summed E-state index contributed by atoms with van der Waals surface area (Å²) < 4.78 is 0. The van der Waals surface area contributed by atoms with Crippen LogP contribution in [0.4, 0.5) is 0 Å². The molecular formula is C11H21N3OS. The molecule has 0 radical (unpaired) electrons. The Kier molecular flexibility index (Phi) is 3.97. The average Bonchev–Trinajstić information content (AvgIpc) is 2.75. The molecule has 0 aromatic heterocycles. The molecule has 0 amide bonds. The molecule has 3 N–H and O–H groups in total. The van der Waals surface area contributed by atoms with E-state index in [-0.39, 0.29) is 0 Å². The Morgan fingerprint density at radius 2 is 2.12 bits per heavy atom. The topological polar surface area (TPSA) is 61.9 Å². The summed E-state index contributed by atoms with van der Waals surface area (Å²) in [6.07, 6.45) is 4.55. The molecule has 0 aliphatic carbocycles. The van der Waals surface area contributed by atoms with Crippen LogP contribution in [-0.4, -0.2) is 52.7 Å². The highest BCUT2D eigenvalue weighted by Crippen LogP contribution is 2.27. The first-order valence-electron chi connectivity index (χ1n) is 6.05. The van der Waals surface area contributed by atoms with Gasteiger partial charge in [0.1, 0.15) is 0 Å². The standard InChI is InChI=1S/C11H21N3OS/c12-10(14-5-2-1-3-6-14)13-8-11(15)4-7-16-9-11/h15H,1-9H2,(H2,12,13). The van der Waals surface area contributed by atoms with Crippen molar-refractivity contribution in [2.45, 2.75) is 31.3 Å². The van der Waals surface area contributed by atoms with E-state index < -0.39 is 5.60 Å². The molecular weight excluding hydrogens is 222 g/mol. The van der Waals surface area contributed by atoms with Crippen LogP contribution in [0.1, 0.15) is 25.7 Å². The number of aliphatic imine (C=N–C) groups is 1. The number of thioether (sulfide) groups is 1. The lowest BCUT2D eigenvalue weighted by atomic mass is 10.0. The van der Waals surface area contributed by atoms with Crippen LogP contribution in [0.15, 0.2) is 4.99 Å². The lowest BCUT2D eigenvalue weighted by Gasteiger charge is -2.28. The molecule has 0 bridgehead atoms. The van der Waals surface area contributed by atoms with Crippen LogP contribution in [-0.2, 0) is 0 Å². The van der Waals surface area contributed by atoms with E-state index in [4.69, 9.17) is 5.73 Å². The fourth-order valence-electron chi connectivity index (χ4n) is 2.17. The van der Waals surface area contributed by atoms with Crippen molar-refractivity contribution in [3.8, 4) is 0 Å². The summed E-state index contributed by atoms with van der Waals surface area (Å²) in [6, 6.07) is 0. The van der Waals surface area contributed by atoms with E-state index in [1.807, 2.05) is 0 Å². The lowest BCUT2D eigenvalue weighted by Crippen LogP contribution is -2.42. The molecule has 92 valence electrons. The molecule has 2 aliphatic rings. The van der Waals surface area contributed by atoms with Gasteiger partial charge in [-0.3, -0.25) is 4.99 Å². The van der Waals surface area contributed by atoms with Crippen molar-refractivity contribution in [2.75, 3.05) is 31.1 Å². The number of rotatable bonds is 2. The Morgan fingerprint density at radius 1 is 1.38 bits per heavy atom. The first-order valence-corrected chi connectivity index (χ1v) is 7.20. The normalized spacial score (nSPS) is 32.1. The van der Waals surface area contributed by atoms with Gasteiger partial charge in [-0.05, 0) is 31.4 Å². The minimum Gasteiger partial charge on any atom is -0.387 e. The number of nitrogens with two attached hydrogens (primary N) is 1. The van der Waals surface area contributed by atoms with E-state index in [0.717, 1.165) is 31.0 Å². The Bertz CT molecular complexity index is 258. The predicted octanol–water partition coefficient (Wildman–Crippen LogP) is 0.655. The second-order valence-corrected chi connectivity index (χ2v) is 5.85. The van der Waals surface area contributed by atoms with E-state index in [0.29, 0.717) is 12.5 Å². The third-order valence-corrected chi connectivity index (χ3v) is 4.53. The van der Waals surface area contributed by atoms with Gasteiger partial charge in [-0.15, -0.1) is 0 Å². The quantitative estimate of drug-likeness (QED) is 0.552. The van der Waals surface area contributed by atoms with Gasteiger partial charge in [0.2, 0.25) is 0 Å². The fourth-order valence-corrected chi connectivity index (χ4v) is 3.46. The van der Waals surface area contributed by atoms with Crippen LogP contribution in [0.5, 0.6) is 0 Å². The number of nitrogens with zero attached hydrogens (tertiary/aromatic N) is 2. The molecule has 2 aliphatic heterocycles. The van der Waals surface area contributed by atoms with Gasteiger partial charge in [0, 0.05) is 18.8 Å². The zero-order valence-corrected chi connectivity index (χ0v) is 10.5. The number of piperidine rings is 1. The molecule has 1 atom stereocenters.